The van der Waals surface area contributed by atoms with E-state index in [1.807, 2.05) is 0 Å². The zero-order valence-electron chi connectivity index (χ0n) is 11.7. The zero-order valence-corrected chi connectivity index (χ0v) is 13.4. The predicted octanol–water partition coefficient (Wildman–Crippen LogP) is 2.72. The van der Waals surface area contributed by atoms with E-state index in [2.05, 4.69) is 23.9 Å². The summed E-state index contributed by atoms with van der Waals surface area (Å²) in [6.07, 6.45) is 4.12. The first kappa shape index (κ1) is 16.6. The van der Waals surface area contributed by atoms with Gasteiger partial charge in [0.05, 0.1) is 4.90 Å². The lowest BCUT2D eigenvalue weighted by Crippen LogP contribution is -2.24. The molecule has 0 aliphatic heterocycles. The van der Waals surface area contributed by atoms with Crippen molar-refractivity contribution in [2.75, 3.05) is 13.1 Å². The minimum absolute atomic E-state index is 0.391. The number of sulfonamides is 1. The van der Waals surface area contributed by atoms with Gasteiger partial charge in [-0.25, -0.2) is 13.1 Å². The molecule has 0 atom stereocenters. The molecule has 0 fully saturated rings. The zero-order chi connectivity index (χ0) is 14.1. The minimum atomic E-state index is -3.32. The molecule has 0 aliphatic rings. The van der Waals surface area contributed by atoms with Gasteiger partial charge in [0.1, 0.15) is 0 Å². The number of hydrogen-bond donors (Lipinski definition) is 2. The van der Waals surface area contributed by atoms with E-state index in [0.717, 1.165) is 43.6 Å². The average molecular weight is 304 g/mol. The third-order valence-electron chi connectivity index (χ3n) is 2.74. The molecular formula is C13H24N2O2S2. The Morgan fingerprint density at radius 3 is 2.63 bits per heavy atom. The van der Waals surface area contributed by atoms with Crippen molar-refractivity contribution >= 4 is 21.4 Å². The maximum atomic E-state index is 12.0. The molecule has 2 N–H and O–H groups in total. The molecule has 110 valence electrons. The topological polar surface area (TPSA) is 58.2 Å². The van der Waals surface area contributed by atoms with Crippen LogP contribution in [0.1, 0.15) is 44.4 Å². The van der Waals surface area contributed by atoms with Gasteiger partial charge in [0.2, 0.25) is 10.0 Å². The van der Waals surface area contributed by atoms with Crippen molar-refractivity contribution in [3.05, 3.63) is 16.3 Å². The smallest absolute Gasteiger partial charge is 0.241 e. The Hall–Kier alpha value is -0.430. The monoisotopic (exact) mass is 304 g/mol. The van der Waals surface area contributed by atoms with E-state index in [4.69, 9.17) is 0 Å². The van der Waals surface area contributed by atoms with Gasteiger partial charge in [-0.05, 0) is 25.5 Å². The molecule has 0 saturated carbocycles. The highest BCUT2D eigenvalue weighted by molar-refractivity contribution is 7.89. The van der Waals surface area contributed by atoms with E-state index in [1.54, 1.807) is 11.4 Å². The third-order valence-corrected chi connectivity index (χ3v) is 5.26. The fourth-order valence-corrected chi connectivity index (χ4v) is 3.97. The van der Waals surface area contributed by atoms with Crippen LogP contribution >= 0.6 is 11.3 Å². The van der Waals surface area contributed by atoms with E-state index < -0.39 is 10.0 Å². The number of thiophene rings is 1. The second-order valence-electron chi connectivity index (χ2n) is 4.53. The van der Waals surface area contributed by atoms with Crippen LogP contribution in [0.2, 0.25) is 0 Å². The molecule has 1 aromatic rings. The van der Waals surface area contributed by atoms with Crippen LogP contribution in [0.15, 0.2) is 16.3 Å². The predicted molar refractivity (Wildman–Crippen MR) is 81.0 cm³/mol. The summed E-state index contributed by atoms with van der Waals surface area (Å²) in [5.41, 5.74) is 0. The standard InChI is InChI=1S/C13H24N2O2S2/c1-3-5-6-8-15-19(16,17)13-9-12(18-11-13)10-14-7-4-2/h9,11,14-15H,3-8,10H2,1-2H3. The van der Waals surface area contributed by atoms with Crippen LogP contribution in [0.4, 0.5) is 0 Å². The van der Waals surface area contributed by atoms with Crippen LogP contribution in [-0.4, -0.2) is 21.5 Å². The summed E-state index contributed by atoms with van der Waals surface area (Å²) in [5.74, 6) is 0. The number of hydrogen-bond acceptors (Lipinski definition) is 4. The normalized spacial score (nSPS) is 11.9. The molecule has 1 heterocycles. The molecule has 0 aromatic carbocycles. The van der Waals surface area contributed by atoms with Crippen molar-refractivity contribution in [2.45, 2.75) is 51.0 Å². The van der Waals surface area contributed by atoms with Gasteiger partial charge in [-0.15, -0.1) is 11.3 Å². The van der Waals surface area contributed by atoms with Crippen LogP contribution in [0.3, 0.4) is 0 Å². The molecule has 1 rings (SSSR count). The summed E-state index contributed by atoms with van der Waals surface area (Å²) >= 11 is 1.49. The van der Waals surface area contributed by atoms with E-state index in [9.17, 15) is 8.42 Å². The molecule has 0 spiro atoms. The first-order chi connectivity index (χ1) is 9.10. The first-order valence-corrected chi connectivity index (χ1v) is 9.24. The van der Waals surface area contributed by atoms with Crippen molar-refractivity contribution in [1.82, 2.24) is 10.0 Å². The van der Waals surface area contributed by atoms with Crippen LogP contribution < -0.4 is 10.0 Å². The second-order valence-corrected chi connectivity index (χ2v) is 7.29. The quantitative estimate of drug-likeness (QED) is 0.653. The largest absolute Gasteiger partial charge is 0.312 e. The van der Waals surface area contributed by atoms with Crippen molar-refractivity contribution < 1.29 is 8.42 Å². The number of unbranched alkanes of at least 4 members (excludes halogenated alkanes) is 2. The lowest BCUT2D eigenvalue weighted by Gasteiger charge is -2.04. The van der Waals surface area contributed by atoms with Gasteiger partial charge in [0.25, 0.3) is 0 Å². The molecule has 0 unspecified atom stereocenters. The summed E-state index contributed by atoms with van der Waals surface area (Å²) in [6.45, 7) is 6.43. The Bertz CT molecular complexity index is 455. The summed E-state index contributed by atoms with van der Waals surface area (Å²) in [7, 11) is -3.32. The van der Waals surface area contributed by atoms with E-state index in [0.29, 0.717) is 11.4 Å². The van der Waals surface area contributed by atoms with Crippen molar-refractivity contribution in [3.63, 3.8) is 0 Å². The van der Waals surface area contributed by atoms with E-state index in [-0.39, 0.29) is 0 Å². The fourth-order valence-electron chi connectivity index (χ4n) is 1.65. The lowest BCUT2D eigenvalue weighted by atomic mass is 10.3. The molecule has 1 aromatic heterocycles. The molecular weight excluding hydrogens is 280 g/mol. The van der Waals surface area contributed by atoms with Gasteiger partial charge in [-0.1, -0.05) is 26.7 Å². The van der Waals surface area contributed by atoms with Crippen LogP contribution in [0.25, 0.3) is 0 Å². The van der Waals surface area contributed by atoms with Crippen LogP contribution in [-0.2, 0) is 16.6 Å². The fraction of sp³-hybridized carbons (Fsp3) is 0.692. The number of rotatable bonds is 10. The molecule has 6 heteroatoms. The summed E-state index contributed by atoms with van der Waals surface area (Å²) in [5, 5.41) is 4.98. The number of nitrogens with one attached hydrogen (secondary N) is 2. The van der Waals surface area contributed by atoms with Crippen LogP contribution in [0, 0.1) is 0 Å². The molecule has 0 amide bonds. The minimum Gasteiger partial charge on any atom is -0.312 e. The van der Waals surface area contributed by atoms with Crippen molar-refractivity contribution in [2.24, 2.45) is 0 Å². The lowest BCUT2D eigenvalue weighted by molar-refractivity contribution is 0.576. The van der Waals surface area contributed by atoms with Crippen LogP contribution in [0.5, 0.6) is 0 Å². The highest BCUT2D eigenvalue weighted by Crippen LogP contribution is 2.19. The highest BCUT2D eigenvalue weighted by Gasteiger charge is 2.15. The van der Waals surface area contributed by atoms with Gasteiger partial charge in [-0.3, -0.25) is 0 Å². The summed E-state index contributed by atoms with van der Waals surface area (Å²) < 4.78 is 26.7. The highest BCUT2D eigenvalue weighted by atomic mass is 32.2. The first-order valence-electron chi connectivity index (χ1n) is 6.88. The Morgan fingerprint density at radius 1 is 1.16 bits per heavy atom. The van der Waals surface area contributed by atoms with Crippen molar-refractivity contribution in [1.29, 1.82) is 0 Å². The Labute approximate surface area is 120 Å². The van der Waals surface area contributed by atoms with E-state index in [1.165, 1.54) is 11.3 Å². The van der Waals surface area contributed by atoms with Crippen molar-refractivity contribution in [3.8, 4) is 0 Å². The molecule has 0 aliphatic carbocycles. The maximum Gasteiger partial charge on any atom is 0.241 e. The molecule has 4 nitrogen and oxygen atoms in total. The van der Waals surface area contributed by atoms with Gasteiger partial charge < -0.3 is 5.32 Å². The van der Waals surface area contributed by atoms with Gasteiger partial charge in [-0.2, -0.15) is 0 Å². The second kappa shape index (κ2) is 8.68. The Morgan fingerprint density at radius 2 is 1.95 bits per heavy atom. The molecule has 0 bridgehead atoms. The maximum absolute atomic E-state index is 12.0. The summed E-state index contributed by atoms with van der Waals surface area (Å²) in [4.78, 5) is 1.45. The third kappa shape index (κ3) is 6.03. The van der Waals surface area contributed by atoms with Gasteiger partial charge in [0, 0.05) is 23.3 Å². The average Bonchev–Trinajstić information content (AvgIpc) is 2.85. The molecule has 0 saturated heterocycles. The van der Waals surface area contributed by atoms with Gasteiger partial charge in [0.15, 0.2) is 0 Å². The Balaban J connectivity index is 2.49. The van der Waals surface area contributed by atoms with Gasteiger partial charge >= 0.3 is 0 Å². The molecule has 19 heavy (non-hydrogen) atoms. The Kier molecular flexibility index (Phi) is 7.60. The van der Waals surface area contributed by atoms with E-state index >= 15 is 0 Å². The SMILES string of the molecule is CCCCCNS(=O)(=O)c1csc(CNCCC)c1. The summed E-state index contributed by atoms with van der Waals surface area (Å²) in [6, 6.07) is 1.76. The molecule has 0 radical (unpaired) electrons.